The second kappa shape index (κ2) is 6.12. The molecule has 1 aromatic rings. The number of hydrogen-bond acceptors (Lipinski definition) is 5. The zero-order valence-corrected chi connectivity index (χ0v) is 11.3. The molecule has 0 bridgehead atoms. The average molecular weight is 274 g/mol. The number of rotatable bonds is 6. The summed E-state index contributed by atoms with van der Waals surface area (Å²) in [5.41, 5.74) is 0. The van der Waals surface area contributed by atoms with Crippen LogP contribution >= 0.6 is 11.3 Å². The highest BCUT2D eigenvalue weighted by atomic mass is 32.2. The molecule has 17 heavy (non-hydrogen) atoms. The van der Waals surface area contributed by atoms with E-state index in [4.69, 9.17) is 10.00 Å². The largest absolute Gasteiger partial charge is 0.377 e. The first-order chi connectivity index (χ1) is 7.99. The number of hydrogen-bond donors (Lipinski definition) is 1. The summed E-state index contributed by atoms with van der Waals surface area (Å²) in [5, 5.41) is 8.63. The van der Waals surface area contributed by atoms with E-state index < -0.39 is 10.0 Å². The van der Waals surface area contributed by atoms with E-state index in [0.29, 0.717) is 11.5 Å². The lowest BCUT2D eigenvalue weighted by atomic mass is 10.4. The van der Waals surface area contributed by atoms with Gasteiger partial charge in [0, 0.05) is 13.2 Å². The van der Waals surface area contributed by atoms with Gasteiger partial charge in [0.25, 0.3) is 0 Å². The Balaban J connectivity index is 2.66. The van der Waals surface area contributed by atoms with Crippen molar-refractivity contribution < 1.29 is 13.2 Å². The fourth-order valence-corrected chi connectivity index (χ4v) is 3.43. The van der Waals surface area contributed by atoms with E-state index in [1.165, 1.54) is 12.1 Å². The summed E-state index contributed by atoms with van der Waals surface area (Å²) >= 11 is 0.952. The van der Waals surface area contributed by atoms with Crippen LogP contribution in [0.3, 0.4) is 0 Å². The Bertz CT molecular complexity index is 502. The molecule has 0 fully saturated rings. The van der Waals surface area contributed by atoms with E-state index in [0.717, 1.165) is 11.3 Å². The zero-order chi connectivity index (χ0) is 12.9. The Morgan fingerprint density at radius 2 is 2.29 bits per heavy atom. The monoisotopic (exact) mass is 274 g/mol. The van der Waals surface area contributed by atoms with Crippen molar-refractivity contribution in [3.63, 3.8) is 0 Å². The fourth-order valence-electron chi connectivity index (χ4n) is 1.17. The second-order valence-electron chi connectivity index (χ2n) is 3.35. The molecule has 1 atom stereocenters. The highest BCUT2D eigenvalue weighted by Crippen LogP contribution is 2.20. The fraction of sp³-hybridized carbons (Fsp3) is 0.500. The lowest BCUT2D eigenvalue weighted by molar-refractivity contribution is 0.0800. The highest BCUT2D eigenvalue weighted by molar-refractivity contribution is 7.91. The van der Waals surface area contributed by atoms with Gasteiger partial charge in [0.1, 0.15) is 15.2 Å². The van der Waals surface area contributed by atoms with Crippen LogP contribution in [0.2, 0.25) is 0 Å². The number of ether oxygens (including phenoxy) is 1. The summed E-state index contributed by atoms with van der Waals surface area (Å²) < 4.78 is 31.4. The predicted molar refractivity (Wildman–Crippen MR) is 65.3 cm³/mol. The van der Waals surface area contributed by atoms with Crippen molar-refractivity contribution in [2.24, 2.45) is 0 Å². The number of nitrogens with zero attached hydrogens (tertiary/aromatic N) is 1. The number of thiophene rings is 1. The molecular weight excluding hydrogens is 260 g/mol. The van der Waals surface area contributed by atoms with Crippen LogP contribution in [0.1, 0.15) is 18.7 Å². The van der Waals surface area contributed by atoms with Gasteiger partial charge in [-0.1, -0.05) is 0 Å². The van der Waals surface area contributed by atoms with Gasteiger partial charge in [-0.25, -0.2) is 13.1 Å². The molecule has 1 aromatic heterocycles. The van der Waals surface area contributed by atoms with Crippen LogP contribution in [0.25, 0.3) is 0 Å². The third kappa shape index (κ3) is 4.09. The third-order valence-electron chi connectivity index (χ3n) is 1.97. The van der Waals surface area contributed by atoms with E-state index in [1.54, 1.807) is 6.92 Å². The topological polar surface area (TPSA) is 79.2 Å². The molecule has 1 N–H and O–H groups in total. The lowest BCUT2D eigenvalue weighted by Crippen LogP contribution is -2.31. The van der Waals surface area contributed by atoms with Crippen molar-refractivity contribution in [1.82, 2.24) is 4.72 Å². The normalized spacial score (nSPS) is 13.2. The summed E-state index contributed by atoms with van der Waals surface area (Å²) in [5.74, 6) is 0. The molecule has 5 nitrogen and oxygen atoms in total. The first kappa shape index (κ1) is 14.1. The van der Waals surface area contributed by atoms with Crippen LogP contribution in [0, 0.1) is 11.3 Å². The molecule has 0 spiro atoms. The molecule has 0 radical (unpaired) electrons. The molecule has 0 amide bonds. The zero-order valence-electron chi connectivity index (χ0n) is 9.63. The molecule has 94 valence electrons. The highest BCUT2D eigenvalue weighted by Gasteiger charge is 2.17. The van der Waals surface area contributed by atoms with E-state index in [9.17, 15) is 8.42 Å². The molecule has 0 saturated heterocycles. The summed E-state index contributed by atoms with van der Waals surface area (Å²) in [6.45, 7) is 4.40. The van der Waals surface area contributed by atoms with Crippen molar-refractivity contribution in [1.29, 1.82) is 5.26 Å². The Labute approximate surface area is 105 Å². The number of nitriles is 1. The molecule has 1 unspecified atom stereocenters. The molecule has 0 aliphatic heterocycles. The van der Waals surface area contributed by atoms with Crippen molar-refractivity contribution >= 4 is 21.4 Å². The van der Waals surface area contributed by atoms with Gasteiger partial charge in [0.2, 0.25) is 10.0 Å². The quantitative estimate of drug-likeness (QED) is 0.848. The van der Waals surface area contributed by atoms with E-state index in [2.05, 4.69) is 4.72 Å². The second-order valence-corrected chi connectivity index (χ2v) is 6.43. The van der Waals surface area contributed by atoms with Gasteiger partial charge < -0.3 is 4.74 Å². The maximum Gasteiger partial charge on any atom is 0.250 e. The van der Waals surface area contributed by atoms with Crippen LogP contribution in [-0.4, -0.2) is 27.7 Å². The molecule has 1 heterocycles. The Morgan fingerprint density at radius 3 is 2.82 bits per heavy atom. The third-order valence-corrected chi connectivity index (χ3v) is 4.87. The Hall–Kier alpha value is -0.940. The molecule has 0 aliphatic carbocycles. The molecule has 0 saturated carbocycles. The van der Waals surface area contributed by atoms with Crippen molar-refractivity contribution in [2.45, 2.75) is 24.2 Å². The van der Waals surface area contributed by atoms with Gasteiger partial charge >= 0.3 is 0 Å². The molecule has 1 rings (SSSR count). The van der Waals surface area contributed by atoms with Gasteiger partial charge in [0.15, 0.2) is 0 Å². The summed E-state index contributed by atoms with van der Waals surface area (Å²) in [6, 6.07) is 4.82. The predicted octanol–water partition coefficient (Wildman–Crippen LogP) is 1.32. The van der Waals surface area contributed by atoms with E-state index in [1.807, 2.05) is 13.0 Å². The van der Waals surface area contributed by atoms with E-state index >= 15 is 0 Å². The van der Waals surface area contributed by atoms with Gasteiger partial charge in [-0.15, -0.1) is 11.3 Å². The maximum atomic E-state index is 11.8. The first-order valence-corrected chi connectivity index (χ1v) is 7.40. The summed E-state index contributed by atoms with van der Waals surface area (Å²) in [4.78, 5) is 0.378. The molecule has 0 aromatic carbocycles. The van der Waals surface area contributed by atoms with Gasteiger partial charge in [-0.05, 0) is 26.0 Å². The van der Waals surface area contributed by atoms with Crippen LogP contribution in [0.5, 0.6) is 0 Å². The number of nitrogens with one attached hydrogen (secondary N) is 1. The minimum atomic E-state index is -3.53. The van der Waals surface area contributed by atoms with Crippen LogP contribution in [0.15, 0.2) is 16.3 Å². The number of sulfonamides is 1. The smallest absolute Gasteiger partial charge is 0.250 e. The Morgan fingerprint density at radius 1 is 1.59 bits per heavy atom. The van der Waals surface area contributed by atoms with Crippen LogP contribution in [-0.2, 0) is 14.8 Å². The Kier molecular flexibility index (Phi) is 5.08. The van der Waals surface area contributed by atoms with Gasteiger partial charge in [0.05, 0.1) is 6.10 Å². The molecular formula is C10H14N2O3S2. The van der Waals surface area contributed by atoms with E-state index in [-0.39, 0.29) is 16.9 Å². The molecule has 0 aliphatic rings. The van der Waals surface area contributed by atoms with Crippen LogP contribution < -0.4 is 4.72 Å². The van der Waals surface area contributed by atoms with Crippen LogP contribution in [0.4, 0.5) is 0 Å². The van der Waals surface area contributed by atoms with Crippen molar-refractivity contribution in [3.8, 4) is 6.07 Å². The minimum Gasteiger partial charge on any atom is -0.377 e. The summed E-state index contributed by atoms with van der Waals surface area (Å²) in [7, 11) is -3.53. The maximum absolute atomic E-state index is 11.8. The standard InChI is InChI=1S/C10H14N2O3S2/c1-3-15-8(2)7-12-17(13,14)10-5-4-9(6-11)16-10/h4-5,8,12H,3,7H2,1-2H3. The minimum absolute atomic E-state index is 0.151. The summed E-state index contributed by atoms with van der Waals surface area (Å²) in [6.07, 6.45) is -0.176. The molecule has 7 heteroatoms. The SMILES string of the molecule is CCOC(C)CNS(=O)(=O)c1ccc(C#N)s1. The van der Waals surface area contributed by atoms with Gasteiger partial charge in [-0.3, -0.25) is 0 Å². The first-order valence-electron chi connectivity index (χ1n) is 5.10. The van der Waals surface area contributed by atoms with Crippen molar-refractivity contribution in [2.75, 3.05) is 13.2 Å². The van der Waals surface area contributed by atoms with Gasteiger partial charge in [-0.2, -0.15) is 5.26 Å². The average Bonchev–Trinajstić information content (AvgIpc) is 2.76. The van der Waals surface area contributed by atoms with Crippen molar-refractivity contribution in [3.05, 3.63) is 17.0 Å². The lowest BCUT2D eigenvalue weighted by Gasteiger charge is -2.11.